The zero-order valence-electron chi connectivity index (χ0n) is 9.45. The van der Waals surface area contributed by atoms with Crippen molar-refractivity contribution in [3.8, 4) is 0 Å². The van der Waals surface area contributed by atoms with Gasteiger partial charge in [-0.3, -0.25) is 4.98 Å². The van der Waals surface area contributed by atoms with E-state index in [9.17, 15) is 0 Å². The van der Waals surface area contributed by atoms with Gasteiger partial charge in [-0.05, 0) is 31.9 Å². The van der Waals surface area contributed by atoms with Gasteiger partial charge in [0, 0.05) is 18.3 Å². The predicted octanol–water partition coefficient (Wildman–Crippen LogP) is 3.06. The first-order valence-corrected chi connectivity index (χ1v) is 6.03. The van der Waals surface area contributed by atoms with Crippen LogP contribution in [0.4, 0.5) is 0 Å². The molecule has 1 heterocycles. The van der Waals surface area contributed by atoms with Crippen molar-refractivity contribution >= 4 is 0 Å². The second-order valence-electron chi connectivity index (χ2n) is 4.48. The standard InChI is InChI=1S/C13H20N2/c1-11(13-9-5-6-10-14-13)15-12-7-3-2-4-8-12/h5-6,9-12,15H,2-4,7-8H2,1H3/t11-/m0/s1. The molecule has 1 aromatic rings. The third kappa shape index (κ3) is 3.03. The van der Waals surface area contributed by atoms with Gasteiger partial charge in [-0.15, -0.1) is 0 Å². The third-order valence-corrected chi connectivity index (χ3v) is 3.22. The van der Waals surface area contributed by atoms with Crippen LogP contribution in [0, 0.1) is 0 Å². The quantitative estimate of drug-likeness (QED) is 0.818. The minimum atomic E-state index is 0.384. The van der Waals surface area contributed by atoms with Crippen LogP contribution in [-0.2, 0) is 0 Å². The number of aromatic nitrogens is 1. The van der Waals surface area contributed by atoms with Gasteiger partial charge in [-0.1, -0.05) is 25.3 Å². The smallest absolute Gasteiger partial charge is 0.0570 e. The summed E-state index contributed by atoms with van der Waals surface area (Å²) in [6.07, 6.45) is 8.71. The number of nitrogens with zero attached hydrogens (tertiary/aromatic N) is 1. The molecule has 2 nitrogen and oxygen atoms in total. The largest absolute Gasteiger partial charge is 0.306 e. The summed E-state index contributed by atoms with van der Waals surface area (Å²) in [5, 5.41) is 3.67. The highest BCUT2D eigenvalue weighted by atomic mass is 15.0. The van der Waals surface area contributed by atoms with Crippen LogP contribution < -0.4 is 5.32 Å². The molecule has 0 aliphatic heterocycles. The Morgan fingerprint density at radius 3 is 2.73 bits per heavy atom. The molecule has 1 N–H and O–H groups in total. The molecule has 15 heavy (non-hydrogen) atoms. The molecule has 1 aliphatic rings. The summed E-state index contributed by atoms with van der Waals surface area (Å²) in [5.41, 5.74) is 1.16. The molecule has 82 valence electrons. The molecule has 0 unspecified atom stereocenters. The first-order valence-electron chi connectivity index (χ1n) is 6.03. The molecule has 1 saturated carbocycles. The molecule has 1 fully saturated rings. The summed E-state index contributed by atoms with van der Waals surface area (Å²) >= 11 is 0. The fraction of sp³-hybridized carbons (Fsp3) is 0.615. The highest BCUT2D eigenvalue weighted by Crippen LogP contribution is 2.20. The van der Waals surface area contributed by atoms with E-state index in [1.54, 1.807) is 0 Å². The normalized spacial score (nSPS) is 20.1. The van der Waals surface area contributed by atoms with E-state index in [4.69, 9.17) is 0 Å². The van der Waals surface area contributed by atoms with Gasteiger partial charge >= 0.3 is 0 Å². The van der Waals surface area contributed by atoms with Crippen LogP contribution in [0.15, 0.2) is 24.4 Å². The van der Waals surface area contributed by atoms with E-state index in [1.165, 1.54) is 32.1 Å². The second kappa shape index (κ2) is 5.26. The Labute approximate surface area is 92.1 Å². The minimum absolute atomic E-state index is 0.384. The first-order chi connectivity index (χ1) is 7.36. The summed E-state index contributed by atoms with van der Waals surface area (Å²) in [7, 11) is 0. The molecule has 1 aliphatic carbocycles. The van der Waals surface area contributed by atoms with E-state index in [1.807, 2.05) is 12.3 Å². The van der Waals surface area contributed by atoms with Gasteiger partial charge in [0.15, 0.2) is 0 Å². The zero-order chi connectivity index (χ0) is 10.5. The average Bonchev–Trinajstić information content (AvgIpc) is 2.31. The van der Waals surface area contributed by atoms with Crippen LogP contribution in [0.5, 0.6) is 0 Å². The first kappa shape index (κ1) is 10.6. The Bertz CT molecular complexity index is 278. The van der Waals surface area contributed by atoms with Gasteiger partial charge in [0.1, 0.15) is 0 Å². The second-order valence-corrected chi connectivity index (χ2v) is 4.48. The minimum Gasteiger partial charge on any atom is -0.306 e. The monoisotopic (exact) mass is 204 g/mol. The van der Waals surface area contributed by atoms with Crippen LogP contribution in [0.1, 0.15) is 50.8 Å². The van der Waals surface area contributed by atoms with E-state index < -0.39 is 0 Å². The van der Waals surface area contributed by atoms with Crippen molar-refractivity contribution in [2.75, 3.05) is 0 Å². The molecule has 0 amide bonds. The number of hydrogen-bond donors (Lipinski definition) is 1. The van der Waals surface area contributed by atoms with Crippen molar-refractivity contribution in [1.82, 2.24) is 10.3 Å². The lowest BCUT2D eigenvalue weighted by Gasteiger charge is -2.26. The van der Waals surface area contributed by atoms with E-state index in [0.717, 1.165) is 5.69 Å². The lowest BCUT2D eigenvalue weighted by molar-refractivity contribution is 0.344. The van der Waals surface area contributed by atoms with Crippen molar-refractivity contribution in [3.05, 3.63) is 30.1 Å². The van der Waals surface area contributed by atoms with Crippen molar-refractivity contribution in [1.29, 1.82) is 0 Å². The average molecular weight is 204 g/mol. The van der Waals surface area contributed by atoms with Gasteiger partial charge in [0.05, 0.1) is 5.69 Å². The maximum absolute atomic E-state index is 4.38. The third-order valence-electron chi connectivity index (χ3n) is 3.22. The Kier molecular flexibility index (Phi) is 3.73. The topological polar surface area (TPSA) is 24.9 Å². The molecule has 0 spiro atoms. The molecule has 0 saturated heterocycles. The summed E-state index contributed by atoms with van der Waals surface area (Å²) in [4.78, 5) is 4.38. The molecule has 0 bridgehead atoms. The summed E-state index contributed by atoms with van der Waals surface area (Å²) < 4.78 is 0. The van der Waals surface area contributed by atoms with E-state index in [0.29, 0.717) is 12.1 Å². The van der Waals surface area contributed by atoms with Crippen LogP contribution in [0.25, 0.3) is 0 Å². The Hall–Kier alpha value is -0.890. The molecule has 1 atom stereocenters. The van der Waals surface area contributed by atoms with Crippen LogP contribution >= 0.6 is 0 Å². The molecule has 0 aromatic carbocycles. The highest BCUT2D eigenvalue weighted by molar-refractivity contribution is 5.07. The van der Waals surface area contributed by atoms with Gasteiger partial charge in [0.2, 0.25) is 0 Å². The van der Waals surface area contributed by atoms with Crippen LogP contribution in [0.3, 0.4) is 0 Å². The van der Waals surface area contributed by atoms with Crippen LogP contribution in [0.2, 0.25) is 0 Å². The SMILES string of the molecule is C[C@H](NC1CCCCC1)c1ccccn1. The number of rotatable bonds is 3. The molecule has 2 heteroatoms. The van der Waals surface area contributed by atoms with Gasteiger partial charge in [0.25, 0.3) is 0 Å². The maximum Gasteiger partial charge on any atom is 0.0570 e. The van der Waals surface area contributed by atoms with Gasteiger partial charge in [-0.2, -0.15) is 0 Å². The molecule has 1 aromatic heterocycles. The summed E-state index contributed by atoms with van der Waals surface area (Å²) in [6.45, 7) is 2.21. The molecular weight excluding hydrogens is 184 g/mol. The zero-order valence-corrected chi connectivity index (χ0v) is 9.45. The van der Waals surface area contributed by atoms with Gasteiger partial charge < -0.3 is 5.32 Å². The Morgan fingerprint density at radius 1 is 1.27 bits per heavy atom. The van der Waals surface area contributed by atoms with Crippen LogP contribution in [-0.4, -0.2) is 11.0 Å². The van der Waals surface area contributed by atoms with E-state index in [2.05, 4.69) is 29.4 Å². The Morgan fingerprint density at radius 2 is 2.07 bits per heavy atom. The fourth-order valence-electron chi connectivity index (χ4n) is 2.34. The highest BCUT2D eigenvalue weighted by Gasteiger charge is 2.16. The lowest BCUT2D eigenvalue weighted by atomic mass is 9.95. The molecule has 2 rings (SSSR count). The summed E-state index contributed by atoms with van der Waals surface area (Å²) in [5.74, 6) is 0. The van der Waals surface area contributed by atoms with Crippen molar-refractivity contribution < 1.29 is 0 Å². The maximum atomic E-state index is 4.38. The van der Waals surface area contributed by atoms with Crippen molar-refractivity contribution in [3.63, 3.8) is 0 Å². The van der Waals surface area contributed by atoms with Crippen molar-refractivity contribution in [2.45, 2.75) is 51.1 Å². The molecular formula is C13H20N2. The number of hydrogen-bond acceptors (Lipinski definition) is 2. The van der Waals surface area contributed by atoms with Gasteiger partial charge in [-0.25, -0.2) is 0 Å². The number of pyridine rings is 1. The summed E-state index contributed by atoms with van der Waals surface area (Å²) in [6, 6.07) is 7.21. The lowest BCUT2D eigenvalue weighted by Crippen LogP contribution is -2.33. The fourth-order valence-corrected chi connectivity index (χ4v) is 2.34. The van der Waals surface area contributed by atoms with Crippen molar-refractivity contribution in [2.24, 2.45) is 0 Å². The Balaban J connectivity index is 1.88. The number of nitrogens with one attached hydrogen (secondary N) is 1. The molecule has 0 radical (unpaired) electrons. The predicted molar refractivity (Wildman–Crippen MR) is 62.7 cm³/mol. The van der Waals surface area contributed by atoms with E-state index >= 15 is 0 Å². The van der Waals surface area contributed by atoms with E-state index in [-0.39, 0.29) is 0 Å².